The van der Waals surface area contributed by atoms with Crippen LogP contribution < -0.4 is 20.3 Å². The fourth-order valence-corrected chi connectivity index (χ4v) is 4.83. The van der Waals surface area contributed by atoms with Crippen LogP contribution in [0.25, 0.3) is 0 Å². The van der Waals surface area contributed by atoms with E-state index in [2.05, 4.69) is 20.4 Å². The number of rotatable bonds is 9. The SMILES string of the molecule is CCOC(=O)c1ccc(NC(=O)CC2C(=O)NCCN2C(=O)CN2CCN(c3ccccc3OC)CC2)cc1. The minimum absolute atomic E-state index is 0.168. The van der Waals surface area contributed by atoms with E-state index in [1.807, 2.05) is 24.3 Å². The first-order valence-electron chi connectivity index (χ1n) is 13.1. The molecule has 2 fully saturated rings. The number of esters is 1. The van der Waals surface area contributed by atoms with Gasteiger partial charge in [-0.1, -0.05) is 12.1 Å². The summed E-state index contributed by atoms with van der Waals surface area (Å²) in [6.07, 6.45) is -0.168. The largest absolute Gasteiger partial charge is 0.495 e. The van der Waals surface area contributed by atoms with Crippen LogP contribution in [0.3, 0.4) is 0 Å². The highest BCUT2D eigenvalue weighted by atomic mass is 16.5. The molecule has 0 aromatic heterocycles. The molecule has 11 nitrogen and oxygen atoms in total. The van der Waals surface area contributed by atoms with Crippen LogP contribution in [0.4, 0.5) is 11.4 Å². The normalized spacial score (nSPS) is 17.8. The van der Waals surface area contributed by atoms with E-state index in [9.17, 15) is 19.2 Å². The van der Waals surface area contributed by atoms with Gasteiger partial charge in [-0.15, -0.1) is 0 Å². The van der Waals surface area contributed by atoms with Gasteiger partial charge in [0.25, 0.3) is 0 Å². The van der Waals surface area contributed by atoms with Crippen molar-refractivity contribution in [1.82, 2.24) is 15.1 Å². The van der Waals surface area contributed by atoms with Crippen LogP contribution >= 0.6 is 0 Å². The summed E-state index contributed by atoms with van der Waals surface area (Å²) < 4.78 is 10.4. The molecule has 0 saturated carbocycles. The molecule has 11 heteroatoms. The van der Waals surface area contributed by atoms with Gasteiger partial charge in [-0.3, -0.25) is 19.3 Å². The summed E-state index contributed by atoms with van der Waals surface area (Å²) in [4.78, 5) is 56.4. The van der Waals surface area contributed by atoms with Gasteiger partial charge >= 0.3 is 5.97 Å². The van der Waals surface area contributed by atoms with E-state index in [1.54, 1.807) is 38.3 Å². The van der Waals surface area contributed by atoms with Crippen molar-refractivity contribution in [3.8, 4) is 5.75 Å². The van der Waals surface area contributed by atoms with Crippen molar-refractivity contribution in [2.45, 2.75) is 19.4 Å². The van der Waals surface area contributed by atoms with Crippen LogP contribution in [0, 0.1) is 0 Å². The quantitative estimate of drug-likeness (QED) is 0.460. The number of amides is 3. The second-order valence-corrected chi connectivity index (χ2v) is 9.38. The third-order valence-electron chi connectivity index (χ3n) is 6.87. The first kappa shape index (κ1) is 27.9. The number of hydrogen-bond donors (Lipinski definition) is 2. The lowest BCUT2D eigenvalue weighted by Gasteiger charge is -2.39. The molecule has 39 heavy (non-hydrogen) atoms. The monoisotopic (exact) mass is 537 g/mol. The van der Waals surface area contributed by atoms with Gasteiger partial charge in [-0.2, -0.15) is 0 Å². The number of anilines is 2. The minimum atomic E-state index is -0.889. The highest BCUT2D eigenvalue weighted by Gasteiger charge is 2.35. The van der Waals surface area contributed by atoms with Crippen molar-refractivity contribution >= 4 is 35.1 Å². The summed E-state index contributed by atoms with van der Waals surface area (Å²) in [7, 11) is 1.65. The van der Waals surface area contributed by atoms with Crippen LogP contribution in [-0.4, -0.2) is 99.1 Å². The zero-order valence-corrected chi connectivity index (χ0v) is 22.4. The molecule has 2 N–H and O–H groups in total. The Morgan fingerprint density at radius 2 is 1.72 bits per heavy atom. The summed E-state index contributed by atoms with van der Waals surface area (Å²) in [6, 6.07) is 13.3. The molecule has 2 aliphatic rings. The molecule has 1 atom stereocenters. The smallest absolute Gasteiger partial charge is 0.338 e. The summed E-state index contributed by atoms with van der Waals surface area (Å²) >= 11 is 0. The van der Waals surface area contributed by atoms with E-state index in [0.717, 1.165) is 24.5 Å². The number of para-hydroxylation sites is 2. The van der Waals surface area contributed by atoms with Gasteiger partial charge in [0.15, 0.2) is 0 Å². The second-order valence-electron chi connectivity index (χ2n) is 9.38. The number of methoxy groups -OCH3 is 1. The number of carbonyl (C=O) groups is 4. The van der Waals surface area contributed by atoms with Crippen LogP contribution in [-0.2, 0) is 19.1 Å². The standard InChI is InChI=1S/C28H35N5O6/c1-3-39-28(37)20-8-10-21(11-9-20)30-25(34)18-23-27(36)29-12-13-33(23)26(35)19-31-14-16-32(17-15-31)22-6-4-5-7-24(22)38-2/h4-11,23H,3,12-19H2,1-2H3,(H,29,36)(H,30,34). The number of benzene rings is 2. The van der Waals surface area contributed by atoms with Crippen LogP contribution in [0.5, 0.6) is 5.75 Å². The summed E-state index contributed by atoms with van der Waals surface area (Å²) in [5.74, 6) is -0.540. The maximum atomic E-state index is 13.3. The van der Waals surface area contributed by atoms with Gasteiger partial charge < -0.3 is 29.9 Å². The van der Waals surface area contributed by atoms with Gasteiger partial charge in [0.2, 0.25) is 17.7 Å². The molecule has 0 aliphatic carbocycles. The zero-order chi connectivity index (χ0) is 27.8. The maximum Gasteiger partial charge on any atom is 0.338 e. The van der Waals surface area contributed by atoms with Crippen molar-refractivity contribution in [2.24, 2.45) is 0 Å². The predicted octanol–water partition coefficient (Wildman–Crippen LogP) is 1.35. The summed E-state index contributed by atoms with van der Waals surface area (Å²) in [6.45, 7) is 5.75. The Balaban J connectivity index is 1.31. The summed E-state index contributed by atoms with van der Waals surface area (Å²) in [5, 5.41) is 5.50. The second kappa shape index (κ2) is 13.1. The van der Waals surface area contributed by atoms with Crippen molar-refractivity contribution in [3.63, 3.8) is 0 Å². The predicted molar refractivity (Wildman–Crippen MR) is 146 cm³/mol. The topological polar surface area (TPSA) is 121 Å². The zero-order valence-electron chi connectivity index (χ0n) is 22.4. The molecule has 4 rings (SSSR count). The molecule has 0 radical (unpaired) electrons. The first-order valence-corrected chi connectivity index (χ1v) is 13.1. The lowest BCUT2D eigenvalue weighted by Crippen LogP contribution is -2.60. The highest BCUT2D eigenvalue weighted by Crippen LogP contribution is 2.28. The molecule has 3 amide bonds. The van der Waals surface area contributed by atoms with Gasteiger partial charge in [-0.05, 0) is 43.3 Å². The first-order chi connectivity index (χ1) is 18.9. The lowest BCUT2D eigenvalue weighted by atomic mass is 10.1. The third-order valence-corrected chi connectivity index (χ3v) is 6.87. The maximum absolute atomic E-state index is 13.3. The van der Waals surface area contributed by atoms with Gasteiger partial charge in [0.1, 0.15) is 11.8 Å². The molecule has 1 unspecified atom stereocenters. The highest BCUT2D eigenvalue weighted by molar-refractivity contribution is 5.98. The number of piperazine rings is 2. The number of hydrogen-bond acceptors (Lipinski definition) is 8. The van der Waals surface area contributed by atoms with Crippen molar-refractivity contribution in [2.75, 3.05) is 69.7 Å². The number of ether oxygens (including phenoxy) is 2. The Kier molecular flexibility index (Phi) is 9.37. The molecule has 2 aliphatic heterocycles. The fraction of sp³-hybridized carbons (Fsp3) is 0.429. The van der Waals surface area contributed by atoms with Crippen molar-refractivity contribution < 1.29 is 28.7 Å². The average Bonchev–Trinajstić information content (AvgIpc) is 2.95. The van der Waals surface area contributed by atoms with E-state index in [0.29, 0.717) is 37.4 Å². The van der Waals surface area contributed by atoms with E-state index >= 15 is 0 Å². The molecular formula is C28H35N5O6. The molecule has 208 valence electrons. The van der Waals surface area contributed by atoms with E-state index < -0.39 is 17.9 Å². The van der Waals surface area contributed by atoms with E-state index in [-0.39, 0.29) is 31.4 Å². The Labute approximate surface area is 228 Å². The van der Waals surface area contributed by atoms with Crippen molar-refractivity contribution in [1.29, 1.82) is 0 Å². The van der Waals surface area contributed by atoms with Gasteiger partial charge in [0, 0.05) is 45.0 Å². The third kappa shape index (κ3) is 7.05. The summed E-state index contributed by atoms with van der Waals surface area (Å²) in [5.41, 5.74) is 1.89. The molecular weight excluding hydrogens is 502 g/mol. The number of nitrogens with one attached hydrogen (secondary N) is 2. The van der Waals surface area contributed by atoms with E-state index in [1.165, 1.54) is 4.90 Å². The fourth-order valence-electron chi connectivity index (χ4n) is 4.83. The number of nitrogens with zero attached hydrogens (tertiary/aromatic N) is 3. The van der Waals surface area contributed by atoms with Gasteiger partial charge in [0.05, 0.1) is 37.9 Å². The van der Waals surface area contributed by atoms with Crippen molar-refractivity contribution in [3.05, 3.63) is 54.1 Å². The van der Waals surface area contributed by atoms with Crippen LogP contribution in [0.15, 0.2) is 48.5 Å². The van der Waals surface area contributed by atoms with Crippen LogP contribution in [0.2, 0.25) is 0 Å². The molecule has 2 aromatic rings. The van der Waals surface area contributed by atoms with E-state index in [4.69, 9.17) is 9.47 Å². The molecule has 0 spiro atoms. The Hall–Kier alpha value is -4.12. The van der Waals surface area contributed by atoms with Gasteiger partial charge in [-0.25, -0.2) is 4.79 Å². The minimum Gasteiger partial charge on any atom is -0.495 e. The lowest BCUT2D eigenvalue weighted by molar-refractivity contribution is -0.145. The van der Waals surface area contributed by atoms with Crippen LogP contribution in [0.1, 0.15) is 23.7 Å². The Morgan fingerprint density at radius 1 is 1.00 bits per heavy atom. The Morgan fingerprint density at radius 3 is 2.41 bits per heavy atom. The Bertz CT molecular complexity index is 1180. The molecule has 2 saturated heterocycles. The molecule has 2 heterocycles. The molecule has 2 aromatic carbocycles. The number of carbonyl (C=O) groups excluding carboxylic acids is 4. The molecule has 0 bridgehead atoms. The average molecular weight is 538 g/mol.